The number of carbonyl (C=O) groups excluding carboxylic acids is 1. The predicted molar refractivity (Wildman–Crippen MR) is 35.0 cm³/mol. The number of hydrogen-bond donors (Lipinski definition) is 1. The first-order valence-electron chi connectivity index (χ1n) is 3.09. The number of nitrogens with zero attached hydrogens (tertiary/aromatic N) is 1. The van der Waals surface area contributed by atoms with E-state index in [0.29, 0.717) is 0 Å². The summed E-state index contributed by atoms with van der Waals surface area (Å²) in [5.74, 6) is 0.0694. The average Bonchev–Trinajstić information content (AvgIpc) is 2.12. The van der Waals surface area contributed by atoms with Gasteiger partial charge in [0.25, 0.3) is 0 Å². The Morgan fingerprint density at radius 1 is 1.78 bits per heavy atom. The predicted octanol–water partition coefficient (Wildman–Crippen LogP) is 0.518. The molecule has 0 spiro atoms. The van der Waals surface area contributed by atoms with Crippen LogP contribution in [-0.4, -0.2) is 11.6 Å². The van der Waals surface area contributed by atoms with E-state index in [4.69, 9.17) is 0 Å². The molecule has 1 atom stereocenters. The molecule has 0 radical (unpaired) electrons. The molecule has 3 nitrogen and oxygen atoms in total. The highest BCUT2D eigenvalue weighted by Crippen LogP contribution is 2.09. The molecule has 50 valence electrons. The van der Waals surface area contributed by atoms with Crippen LogP contribution in [0.25, 0.3) is 0 Å². The van der Waals surface area contributed by atoms with Crippen LogP contribution in [0, 0.1) is 5.92 Å². The van der Waals surface area contributed by atoms with Gasteiger partial charge in [0.2, 0.25) is 5.91 Å². The van der Waals surface area contributed by atoms with Gasteiger partial charge in [0, 0.05) is 5.71 Å². The molecule has 1 rings (SSSR count). The van der Waals surface area contributed by atoms with Gasteiger partial charge in [-0.15, -0.1) is 0 Å². The monoisotopic (exact) mass is 126 g/mol. The molecular formula is C6H10N2O. The third kappa shape index (κ3) is 0.943. The maximum absolute atomic E-state index is 10.8. The Balaban J connectivity index is 2.67. The van der Waals surface area contributed by atoms with Crippen LogP contribution in [0.3, 0.4) is 0 Å². The van der Waals surface area contributed by atoms with Crippen molar-refractivity contribution >= 4 is 11.6 Å². The van der Waals surface area contributed by atoms with Gasteiger partial charge in [-0.25, -0.2) is 5.43 Å². The lowest BCUT2D eigenvalue weighted by atomic mass is 10.0. The summed E-state index contributed by atoms with van der Waals surface area (Å²) in [6.07, 6.45) is 0.848. The average molecular weight is 126 g/mol. The Morgan fingerprint density at radius 2 is 2.44 bits per heavy atom. The molecule has 9 heavy (non-hydrogen) atoms. The summed E-state index contributed by atoms with van der Waals surface area (Å²) in [4.78, 5) is 10.8. The van der Waals surface area contributed by atoms with Gasteiger partial charge < -0.3 is 0 Å². The van der Waals surface area contributed by atoms with Crippen LogP contribution in [0.15, 0.2) is 5.10 Å². The topological polar surface area (TPSA) is 41.5 Å². The highest BCUT2D eigenvalue weighted by atomic mass is 16.2. The van der Waals surface area contributed by atoms with Crippen LogP contribution in [0.1, 0.15) is 20.3 Å². The summed E-state index contributed by atoms with van der Waals surface area (Å²) < 4.78 is 0. The lowest BCUT2D eigenvalue weighted by Gasteiger charge is -1.99. The normalized spacial score (nSPS) is 25.8. The first kappa shape index (κ1) is 6.26. The SMILES string of the molecule is CCC1C(=O)NN=C1C. The van der Waals surface area contributed by atoms with E-state index in [1.54, 1.807) is 0 Å². The number of amides is 1. The van der Waals surface area contributed by atoms with E-state index in [9.17, 15) is 4.79 Å². The Hall–Kier alpha value is -0.860. The molecule has 0 bridgehead atoms. The van der Waals surface area contributed by atoms with E-state index in [2.05, 4.69) is 10.5 Å². The third-order valence-corrected chi connectivity index (χ3v) is 1.57. The number of carbonyl (C=O) groups is 1. The molecule has 1 unspecified atom stereocenters. The van der Waals surface area contributed by atoms with Crippen LogP contribution in [-0.2, 0) is 4.79 Å². The van der Waals surface area contributed by atoms with E-state index in [1.807, 2.05) is 13.8 Å². The van der Waals surface area contributed by atoms with E-state index < -0.39 is 0 Å². The molecule has 1 heterocycles. The number of nitrogens with one attached hydrogen (secondary N) is 1. The van der Waals surface area contributed by atoms with Gasteiger partial charge in [-0.3, -0.25) is 4.79 Å². The van der Waals surface area contributed by atoms with Crippen molar-refractivity contribution in [2.45, 2.75) is 20.3 Å². The fourth-order valence-electron chi connectivity index (χ4n) is 0.970. The van der Waals surface area contributed by atoms with E-state index in [0.717, 1.165) is 12.1 Å². The van der Waals surface area contributed by atoms with Crippen LogP contribution in [0.5, 0.6) is 0 Å². The minimum Gasteiger partial charge on any atom is -0.272 e. The molecule has 0 fully saturated rings. The standard InChI is InChI=1S/C6H10N2O/c1-3-5-4(2)7-8-6(5)9/h5H,3H2,1-2H3,(H,8,9). The lowest BCUT2D eigenvalue weighted by Crippen LogP contribution is -2.21. The van der Waals surface area contributed by atoms with E-state index >= 15 is 0 Å². The maximum Gasteiger partial charge on any atom is 0.248 e. The second kappa shape index (κ2) is 2.17. The molecule has 0 aromatic rings. The molecule has 0 aromatic heterocycles. The summed E-state index contributed by atoms with van der Waals surface area (Å²) in [5, 5.41) is 3.79. The van der Waals surface area contributed by atoms with Crippen molar-refractivity contribution in [2.24, 2.45) is 11.0 Å². The van der Waals surface area contributed by atoms with E-state index in [-0.39, 0.29) is 11.8 Å². The molecule has 1 aliphatic heterocycles. The zero-order chi connectivity index (χ0) is 6.85. The molecule has 0 aliphatic carbocycles. The molecule has 3 heteroatoms. The second-order valence-electron chi connectivity index (χ2n) is 2.19. The number of hydrogen-bond acceptors (Lipinski definition) is 2. The van der Waals surface area contributed by atoms with Gasteiger partial charge in [-0.1, -0.05) is 6.92 Å². The molecule has 0 saturated heterocycles. The first-order valence-corrected chi connectivity index (χ1v) is 3.09. The molecule has 0 aromatic carbocycles. The van der Waals surface area contributed by atoms with Gasteiger partial charge in [-0.2, -0.15) is 5.10 Å². The van der Waals surface area contributed by atoms with Crippen LogP contribution < -0.4 is 5.43 Å². The minimum absolute atomic E-state index is 0.0324. The van der Waals surface area contributed by atoms with Crippen molar-refractivity contribution in [3.8, 4) is 0 Å². The van der Waals surface area contributed by atoms with Crippen molar-refractivity contribution in [1.29, 1.82) is 0 Å². The summed E-state index contributed by atoms with van der Waals surface area (Å²) in [5.41, 5.74) is 3.32. The van der Waals surface area contributed by atoms with Gasteiger partial charge in [0.05, 0.1) is 5.92 Å². The minimum atomic E-state index is 0.0324. The Morgan fingerprint density at radius 3 is 2.67 bits per heavy atom. The van der Waals surface area contributed by atoms with Crippen molar-refractivity contribution in [3.05, 3.63) is 0 Å². The molecule has 1 amide bonds. The highest BCUT2D eigenvalue weighted by molar-refractivity contribution is 6.06. The maximum atomic E-state index is 10.8. The summed E-state index contributed by atoms with van der Waals surface area (Å²) in [6, 6.07) is 0. The zero-order valence-corrected chi connectivity index (χ0v) is 5.64. The van der Waals surface area contributed by atoms with Gasteiger partial charge in [-0.05, 0) is 13.3 Å². The lowest BCUT2D eigenvalue weighted by molar-refractivity contribution is -0.122. The van der Waals surface area contributed by atoms with Crippen LogP contribution >= 0.6 is 0 Å². The quantitative estimate of drug-likeness (QED) is 0.546. The largest absolute Gasteiger partial charge is 0.272 e. The third-order valence-electron chi connectivity index (χ3n) is 1.57. The van der Waals surface area contributed by atoms with Crippen molar-refractivity contribution in [3.63, 3.8) is 0 Å². The summed E-state index contributed by atoms with van der Waals surface area (Å²) >= 11 is 0. The summed E-state index contributed by atoms with van der Waals surface area (Å²) in [7, 11) is 0. The molecular weight excluding hydrogens is 116 g/mol. The first-order chi connectivity index (χ1) is 4.25. The Bertz CT molecular complexity index is 162. The summed E-state index contributed by atoms with van der Waals surface area (Å²) in [6.45, 7) is 3.85. The second-order valence-corrected chi connectivity index (χ2v) is 2.19. The molecule has 0 saturated carbocycles. The smallest absolute Gasteiger partial charge is 0.248 e. The fraction of sp³-hybridized carbons (Fsp3) is 0.667. The molecule has 1 aliphatic rings. The van der Waals surface area contributed by atoms with Crippen LogP contribution in [0.2, 0.25) is 0 Å². The van der Waals surface area contributed by atoms with E-state index in [1.165, 1.54) is 0 Å². The zero-order valence-electron chi connectivity index (χ0n) is 5.64. The highest BCUT2D eigenvalue weighted by Gasteiger charge is 2.23. The molecule has 1 N–H and O–H groups in total. The van der Waals surface area contributed by atoms with Gasteiger partial charge >= 0.3 is 0 Å². The van der Waals surface area contributed by atoms with Crippen molar-refractivity contribution in [1.82, 2.24) is 5.43 Å². The van der Waals surface area contributed by atoms with Crippen molar-refractivity contribution in [2.75, 3.05) is 0 Å². The van der Waals surface area contributed by atoms with Crippen LogP contribution in [0.4, 0.5) is 0 Å². The Labute approximate surface area is 54.1 Å². The fourth-order valence-corrected chi connectivity index (χ4v) is 0.970. The van der Waals surface area contributed by atoms with Gasteiger partial charge in [0.1, 0.15) is 0 Å². The number of rotatable bonds is 1. The van der Waals surface area contributed by atoms with Crippen molar-refractivity contribution < 1.29 is 4.79 Å². The Kier molecular flexibility index (Phi) is 1.51. The van der Waals surface area contributed by atoms with Gasteiger partial charge in [0.15, 0.2) is 0 Å². The number of hydrazone groups is 1.